The minimum Gasteiger partial charge on any atom is -0.309 e. The molecule has 0 unspecified atom stereocenters. The topological polar surface area (TPSA) is 48.5 Å². The lowest BCUT2D eigenvalue weighted by molar-refractivity contribution is 1.07. The summed E-state index contributed by atoms with van der Waals surface area (Å²) in [4.78, 5) is 15.0. The molecule has 0 N–H and O–H groups in total. The fraction of sp³-hybridized carbons (Fsp3) is 0. The highest BCUT2D eigenvalue weighted by Gasteiger charge is 2.19. The van der Waals surface area contributed by atoms with Crippen LogP contribution in [0.2, 0.25) is 0 Å². The van der Waals surface area contributed by atoms with Gasteiger partial charge in [-0.05, 0) is 71.8 Å². The normalized spacial score (nSPS) is 11.6. The predicted molar refractivity (Wildman–Crippen MR) is 230 cm³/mol. The van der Waals surface area contributed by atoms with Crippen LogP contribution in [-0.2, 0) is 0 Å². The first-order chi connectivity index (χ1) is 27.8. The van der Waals surface area contributed by atoms with Crippen LogP contribution in [0.4, 0.5) is 0 Å². The molecule has 0 aliphatic carbocycles. The largest absolute Gasteiger partial charge is 0.309 e. The summed E-state index contributed by atoms with van der Waals surface area (Å²) in [5.41, 5.74) is 12.1. The van der Waals surface area contributed by atoms with E-state index in [1.807, 2.05) is 36.4 Å². The molecule has 0 saturated heterocycles. The molecule has 0 fully saturated rings. The van der Waals surface area contributed by atoms with Crippen LogP contribution < -0.4 is 0 Å². The van der Waals surface area contributed by atoms with Gasteiger partial charge in [0.15, 0.2) is 17.5 Å². The van der Waals surface area contributed by atoms with Gasteiger partial charge in [-0.3, -0.25) is 0 Å². The summed E-state index contributed by atoms with van der Waals surface area (Å²) < 4.78 is 4.76. The lowest BCUT2D eigenvalue weighted by Gasteiger charge is -2.11. The Kier molecular flexibility index (Phi) is 7.42. The molecule has 0 aliphatic rings. The zero-order valence-corrected chi connectivity index (χ0v) is 30.3. The standard InChI is InChI=1S/C51H33N5/c1-4-14-34(15-5-1)35-24-26-37(27-25-35)50-52-49(36-16-6-2-7-17-36)53-51(54-50)38-28-30-40(31-29-38)56-46-23-13-11-21-42(46)44-32-47-43(33-48(44)56)41-20-10-12-22-45(41)55(47)39-18-8-3-9-19-39/h1-33H. The molecule has 5 nitrogen and oxygen atoms in total. The van der Waals surface area contributed by atoms with Gasteiger partial charge >= 0.3 is 0 Å². The number of benzene rings is 8. The van der Waals surface area contributed by atoms with E-state index in [0.717, 1.165) is 44.7 Å². The molecule has 5 heteroatoms. The van der Waals surface area contributed by atoms with Gasteiger partial charge in [0.2, 0.25) is 0 Å². The monoisotopic (exact) mass is 715 g/mol. The Morgan fingerprint density at radius 3 is 1.09 bits per heavy atom. The average molecular weight is 716 g/mol. The van der Waals surface area contributed by atoms with Crippen molar-refractivity contribution in [1.29, 1.82) is 0 Å². The van der Waals surface area contributed by atoms with Crippen molar-refractivity contribution in [2.45, 2.75) is 0 Å². The average Bonchev–Trinajstić information content (AvgIpc) is 3.78. The molecule has 0 atom stereocenters. The van der Waals surface area contributed by atoms with Gasteiger partial charge in [-0.2, -0.15) is 0 Å². The van der Waals surface area contributed by atoms with E-state index >= 15 is 0 Å². The van der Waals surface area contributed by atoms with Crippen molar-refractivity contribution >= 4 is 43.6 Å². The van der Waals surface area contributed by atoms with Gasteiger partial charge in [-0.1, -0.05) is 140 Å². The maximum absolute atomic E-state index is 5.05. The molecule has 0 aliphatic heterocycles. The molecule has 0 spiro atoms. The van der Waals surface area contributed by atoms with E-state index in [9.17, 15) is 0 Å². The zero-order valence-electron chi connectivity index (χ0n) is 30.3. The summed E-state index contributed by atoms with van der Waals surface area (Å²) in [6, 6.07) is 70.4. The summed E-state index contributed by atoms with van der Waals surface area (Å²) >= 11 is 0. The highest BCUT2D eigenvalue weighted by Crippen LogP contribution is 2.40. The maximum Gasteiger partial charge on any atom is 0.164 e. The Morgan fingerprint density at radius 2 is 0.589 bits per heavy atom. The SMILES string of the molecule is c1ccc(-c2ccc(-c3nc(-c4ccccc4)nc(-c4ccc(-n5c6ccccc6c6cc7c(cc65)c5ccccc5n7-c5ccccc5)cc4)n3)cc2)cc1. The summed E-state index contributed by atoms with van der Waals surface area (Å²) in [6.45, 7) is 0. The summed E-state index contributed by atoms with van der Waals surface area (Å²) in [5.74, 6) is 1.91. The van der Waals surface area contributed by atoms with Crippen molar-refractivity contribution in [1.82, 2.24) is 24.1 Å². The lowest BCUT2D eigenvalue weighted by atomic mass is 10.0. The van der Waals surface area contributed by atoms with Crippen molar-refractivity contribution < 1.29 is 0 Å². The van der Waals surface area contributed by atoms with Crippen LogP contribution in [0.1, 0.15) is 0 Å². The van der Waals surface area contributed by atoms with Crippen molar-refractivity contribution in [3.8, 4) is 56.7 Å². The lowest BCUT2D eigenvalue weighted by Crippen LogP contribution is -2.00. The van der Waals surface area contributed by atoms with Crippen LogP contribution in [0, 0.1) is 0 Å². The first kappa shape index (κ1) is 31.9. The molecule has 11 aromatic rings. The van der Waals surface area contributed by atoms with Crippen molar-refractivity contribution in [3.05, 3.63) is 200 Å². The van der Waals surface area contributed by atoms with Crippen molar-refractivity contribution in [3.63, 3.8) is 0 Å². The van der Waals surface area contributed by atoms with Crippen LogP contribution in [0.25, 0.3) is 100 Å². The van der Waals surface area contributed by atoms with E-state index in [4.69, 9.17) is 15.0 Å². The van der Waals surface area contributed by atoms with Gasteiger partial charge in [0.05, 0.1) is 22.1 Å². The second-order valence-electron chi connectivity index (χ2n) is 14.1. The van der Waals surface area contributed by atoms with Crippen molar-refractivity contribution in [2.75, 3.05) is 0 Å². The minimum absolute atomic E-state index is 0.630. The van der Waals surface area contributed by atoms with Gasteiger partial charge < -0.3 is 9.13 Å². The number of fused-ring (bicyclic) bond motifs is 6. The zero-order chi connectivity index (χ0) is 37.0. The number of aromatic nitrogens is 5. The Hall–Kier alpha value is -7.63. The third kappa shape index (κ3) is 5.29. The Morgan fingerprint density at radius 1 is 0.250 bits per heavy atom. The molecule has 0 saturated carbocycles. The molecule has 11 rings (SSSR count). The van der Waals surface area contributed by atoms with E-state index in [1.54, 1.807) is 0 Å². The van der Waals surface area contributed by atoms with Crippen LogP contribution >= 0.6 is 0 Å². The number of hydrogen-bond acceptors (Lipinski definition) is 3. The highest BCUT2D eigenvalue weighted by molar-refractivity contribution is 6.19. The Balaban J connectivity index is 1.05. The molecule has 0 radical (unpaired) electrons. The molecule has 8 aromatic carbocycles. The fourth-order valence-corrected chi connectivity index (χ4v) is 8.12. The first-order valence-electron chi connectivity index (χ1n) is 18.9. The van der Waals surface area contributed by atoms with E-state index in [1.165, 1.54) is 38.1 Å². The molecule has 56 heavy (non-hydrogen) atoms. The molecule has 262 valence electrons. The van der Waals surface area contributed by atoms with Crippen molar-refractivity contribution in [2.24, 2.45) is 0 Å². The molecular weight excluding hydrogens is 683 g/mol. The Bertz CT molecular complexity index is 3200. The van der Waals surface area contributed by atoms with Crippen LogP contribution in [0.15, 0.2) is 200 Å². The van der Waals surface area contributed by atoms with Crippen LogP contribution in [-0.4, -0.2) is 24.1 Å². The molecule has 3 aromatic heterocycles. The smallest absolute Gasteiger partial charge is 0.164 e. The first-order valence-corrected chi connectivity index (χ1v) is 18.9. The fourth-order valence-electron chi connectivity index (χ4n) is 8.12. The molecular formula is C51H33N5. The summed E-state index contributed by atoms with van der Waals surface area (Å²) in [7, 11) is 0. The van der Waals surface area contributed by atoms with E-state index in [0.29, 0.717) is 17.5 Å². The molecule has 0 bridgehead atoms. The number of rotatable bonds is 6. The Labute approximate surface area is 323 Å². The molecule has 3 heterocycles. The summed E-state index contributed by atoms with van der Waals surface area (Å²) in [6.07, 6.45) is 0. The van der Waals surface area contributed by atoms with E-state index in [-0.39, 0.29) is 0 Å². The number of hydrogen-bond donors (Lipinski definition) is 0. The van der Waals surface area contributed by atoms with E-state index < -0.39 is 0 Å². The number of para-hydroxylation sites is 3. The quantitative estimate of drug-likeness (QED) is 0.172. The molecule has 0 amide bonds. The van der Waals surface area contributed by atoms with E-state index in [2.05, 4.69) is 173 Å². The third-order valence-electron chi connectivity index (χ3n) is 10.8. The van der Waals surface area contributed by atoms with Gasteiger partial charge in [-0.15, -0.1) is 0 Å². The van der Waals surface area contributed by atoms with Gasteiger partial charge in [-0.25, -0.2) is 15.0 Å². The second-order valence-corrected chi connectivity index (χ2v) is 14.1. The predicted octanol–water partition coefficient (Wildman–Crippen LogP) is 12.7. The van der Waals surface area contributed by atoms with Gasteiger partial charge in [0.1, 0.15) is 0 Å². The second kappa shape index (κ2) is 13.0. The van der Waals surface area contributed by atoms with Crippen LogP contribution in [0.3, 0.4) is 0 Å². The minimum atomic E-state index is 0.630. The highest BCUT2D eigenvalue weighted by atomic mass is 15.0. The van der Waals surface area contributed by atoms with Gasteiger partial charge in [0, 0.05) is 49.6 Å². The third-order valence-corrected chi connectivity index (χ3v) is 10.8. The van der Waals surface area contributed by atoms with Crippen LogP contribution in [0.5, 0.6) is 0 Å². The number of nitrogens with zero attached hydrogens (tertiary/aromatic N) is 5. The maximum atomic E-state index is 5.05. The summed E-state index contributed by atoms with van der Waals surface area (Å²) in [5, 5.41) is 4.88. The van der Waals surface area contributed by atoms with Gasteiger partial charge in [0.25, 0.3) is 0 Å².